The molecule has 0 atom stereocenters. The van der Waals surface area contributed by atoms with Crippen molar-refractivity contribution in [1.29, 1.82) is 0 Å². The fraction of sp³-hybridized carbons (Fsp3) is 0.391. The lowest BCUT2D eigenvalue weighted by molar-refractivity contribution is -0.540. The van der Waals surface area contributed by atoms with Crippen molar-refractivity contribution in [2.75, 3.05) is 38.3 Å². The highest BCUT2D eigenvalue weighted by Crippen LogP contribution is 2.33. The number of benzene rings is 2. The van der Waals surface area contributed by atoms with Crippen molar-refractivity contribution in [1.82, 2.24) is 0 Å². The van der Waals surface area contributed by atoms with Crippen LogP contribution in [0.2, 0.25) is 0 Å². The van der Waals surface area contributed by atoms with Crippen LogP contribution in [0.1, 0.15) is 31.4 Å². The van der Waals surface area contributed by atoms with E-state index >= 15 is 0 Å². The van der Waals surface area contributed by atoms with E-state index in [1.54, 1.807) is 0 Å². The third kappa shape index (κ3) is 5.22. The fourth-order valence-corrected chi connectivity index (χ4v) is 3.94. The third-order valence-electron chi connectivity index (χ3n) is 5.26. The van der Waals surface area contributed by atoms with E-state index in [2.05, 4.69) is 102 Å². The minimum Gasteiger partial charge on any atom is -0.378 e. The number of allylic oxidation sites excluding steroid dienone is 1. The van der Waals surface area contributed by atoms with Crippen LogP contribution >= 0.6 is 15.9 Å². The third-order valence-corrected chi connectivity index (χ3v) is 5.76. The van der Waals surface area contributed by atoms with Gasteiger partial charge in [0.15, 0.2) is 0 Å². The highest BCUT2D eigenvalue weighted by atomic mass is 79.9. The molecule has 2 aromatic carbocycles. The largest absolute Gasteiger partial charge is 0.378 e. The Hall–Kier alpha value is -1.62. The molecule has 0 aliphatic carbocycles. The zero-order chi connectivity index (χ0) is 19.3. The molecule has 27 heavy (non-hydrogen) atoms. The molecule has 0 spiro atoms. The summed E-state index contributed by atoms with van der Waals surface area (Å²) >= 11 is 3.62. The number of anilines is 1. The van der Waals surface area contributed by atoms with Crippen LogP contribution in [0.15, 0.2) is 53.0 Å². The highest BCUT2D eigenvalue weighted by molar-refractivity contribution is 9.10. The number of morpholine rings is 1. The fourth-order valence-electron chi connectivity index (χ4n) is 3.58. The van der Waals surface area contributed by atoms with Gasteiger partial charge in [-0.3, -0.25) is 0 Å². The summed E-state index contributed by atoms with van der Waals surface area (Å²) < 4.78 is 6.57. The van der Waals surface area contributed by atoms with Gasteiger partial charge in [-0.1, -0.05) is 54.1 Å². The maximum atomic E-state index is 5.43. The molecule has 0 aromatic heterocycles. The van der Waals surface area contributed by atoms with Crippen LogP contribution in [0.25, 0.3) is 6.08 Å². The molecule has 1 heterocycles. The predicted molar refractivity (Wildman–Crippen MR) is 118 cm³/mol. The topological polar surface area (TPSA) is 29.1 Å². The predicted octanol–water partition coefficient (Wildman–Crippen LogP) is 4.49. The molecule has 1 aliphatic rings. The minimum atomic E-state index is 0.0792. The Balaban J connectivity index is 1.66. The van der Waals surface area contributed by atoms with Gasteiger partial charge in [0, 0.05) is 34.9 Å². The number of nitrogens with two attached hydrogens (primary N) is 1. The maximum absolute atomic E-state index is 5.43. The normalized spacial score (nSPS) is 15.5. The van der Waals surface area contributed by atoms with Crippen molar-refractivity contribution in [2.45, 2.75) is 25.7 Å². The molecule has 2 aromatic rings. The van der Waals surface area contributed by atoms with Crippen LogP contribution < -0.4 is 10.2 Å². The summed E-state index contributed by atoms with van der Waals surface area (Å²) in [5.41, 5.74) is 5.31. The van der Waals surface area contributed by atoms with Gasteiger partial charge in [-0.25, -0.2) is 0 Å². The average Bonchev–Trinajstić information content (AvgIpc) is 2.69. The Bertz CT molecular complexity index is 777. The number of quaternary nitrogens is 1. The Morgan fingerprint density at radius 3 is 2.48 bits per heavy atom. The van der Waals surface area contributed by atoms with Crippen molar-refractivity contribution in [3.05, 3.63) is 64.1 Å². The first-order chi connectivity index (χ1) is 13.0. The Morgan fingerprint density at radius 1 is 1.11 bits per heavy atom. The van der Waals surface area contributed by atoms with Gasteiger partial charge in [0.1, 0.15) is 5.69 Å². The van der Waals surface area contributed by atoms with Gasteiger partial charge in [-0.05, 0) is 41.7 Å². The van der Waals surface area contributed by atoms with E-state index in [1.807, 2.05) is 0 Å². The quantitative estimate of drug-likeness (QED) is 0.685. The van der Waals surface area contributed by atoms with E-state index in [4.69, 9.17) is 4.74 Å². The molecule has 3 nitrogen and oxygen atoms in total. The van der Waals surface area contributed by atoms with Gasteiger partial charge in [0.25, 0.3) is 0 Å². The summed E-state index contributed by atoms with van der Waals surface area (Å²) in [7, 11) is 2.11. The monoisotopic (exact) mass is 429 g/mol. The number of hydrogen-bond acceptors (Lipinski definition) is 2. The van der Waals surface area contributed by atoms with E-state index < -0.39 is 0 Å². The molecule has 0 amide bonds. The molecular weight excluding hydrogens is 400 g/mol. The van der Waals surface area contributed by atoms with E-state index in [1.165, 1.54) is 22.5 Å². The van der Waals surface area contributed by atoms with E-state index in [9.17, 15) is 0 Å². The van der Waals surface area contributed by atoms with Crippen LogP contribution in [-0.2, 0) is 10.2 Å². The van der Waals surface area contributed by atoms with Crippen molar-refractivity contribution in [3.8, 4) is 0 Å². The lowest BCUT2D eigenvalue weighted by Gasteiger charge is -2.28. The summed E-state index contributed by atoms with van der Waals surface area (Å²) in [6.45, 7) is 8.23. The van der Waals surface area contributed by atoms with Crippen molar-refractivity contribution < 1.29 is 10.1 Å². The molecular formula is C23H30BrN2O+. The zero-order valence-electron chi connectivity index (χ0n) is 16.5. The smallest absolute Gasteiger partial charge is 0.133 e. The van der Waals surface area contributed by atoms with Crippen molar-refractivity contribution >= 4 is 33.4 Å². The Labute approximate surface area is 171 Å². The van der Waals surface area contributed by atoms with E-state index in [0.29, 0.717) is 0 Å². The zero-order valence-corrected chi connectivity index (χ0v) is 18.1. The molecule has 0 unspecified atom stereocenters. The standard InChI is InChI=1S/C23H29BrN2O/c1-23(2,21-17-19(24)8-11-22(21)25-3)12-4-5-18-6-9-20(10-7-18)26-13-15-27-16-14-26/h4-11,17,25H,12-16H2,1-3H3/p+1/b5-4+. The van der Waals surface area contributed by atoms with Crippen LogP contribution in [0.3, 0.4) is 0 Å². The van der Waals surface area contributed by atoms with Crippen LogP contribution in [0.5, 0.6) is 0 Å². The number of halogens is 1. The minimum absolute atomic E-state index is 0.0792. The first kappa shape index (κ1) is 20.1. The van der Waals surface area contributed by atoms with Crippen molar-refractivity contribution in [3.63, 3.8) is 0 Å². The van der Waals surface area contributed by atoms with E-state index in [-0.39, 0.29) is 5.41 Å². The Kier molecular flexibility index (Phi) is 6.74. The molecule has 0 radical (unpaired) electrons. The van der Waals surface area contributed by atoms with Gasteiger partial charge in [0.2, 0.25) is 0 Å². The van der Waals surface area contributed by atoms with Crippen molar-refractivity contribution in [2.24, 2.45) is 0 Å². The maximum Gasteiger partial charge on any atom is 0.133 e. The lowest BCUT2D eigenvalue weighted by atomic mass is 9.80. The molecule has 0 saturated carbocycles. The van der Waals surface area contributed by atoms with Crippen LogP contribution in [-0.4, -0.2) is 33.4 Å². The number of rotatable bonds is 6. The molecule has 2 N–H and O–H groups in total. The molecule has 4 heteroatoms. The summed E-state index contributed by atoms with van der Waals surface area (Å²) in [6.07, 6.45) is 5.53. The first-order valence-electron chi connectivity index (χ1n) is 9.68. The van der Waals surface area contributed by atoms with Gasteiger partial charge < -0.3 is 15.0 Å². The molecule has 0 bridgehead atoms. The van der Waals surface area contributed by atoms with Gasteiger partial charge in [-0.15, -0.1) is 0 Å². The summed E-state index contributed by atoms with van der Waals surface area (Å²) in [6, 6.07) is 15.4. The number of nitrogens with zero attached hydrogens (tertiary/aromatic N) is 1. The lowest BCUT2D eigenvalue weighted by Crippen LogP contribution is -2.73. The number of ether oxygens (including phenoxy) is 1. The second kappa shape index (κ2) is 9.05. The summed E-state index contributed by atoms with van der Waals surface area (Å²) in [4.78, 5) is 2.39. The first-order valence-corrected chi connectivity index (χ1v) is 10.5. The molecule has 144 valence electrons. The molecule has 1 aliphatic heterocycles. The highest BCUT2D eigenvalue weighted by Gasteiger charge is 2.24. The van der Waals surface area contributed by atoms with Gasteiger partial charge >= 0.3 is 0 Å². The molecule has 1 saturated heterocycles. The SMILES string of the molecule is C[NH2+]c1ccc(Br)cc1C(C)(C)C/C=C/c1ccc(N2CCOCC2)cc1. The summed E-state index contributed by atoms with van der Waals surface area (Å²) in [5.74, 6) is 0. The molecule has 3 rings (SSSR count). The van der Waals surface area contributed by atoms with Crippen LogP contribution in [0, 0.1) is 0 Å². The van der Waals surface area contributed by atoms with Gasteiger partial charge in [-0.2, -0.15) is 0 Å². The second-order valence-corrected chi connectivity index (χ2v) is 8.62. The van der Waals surface area contributed by atoms with Gasteiger partial charge in [0.05, 0.1) is 20.3 Å². The average molecular weight is 430 g/mol. The number of hydrogen-bond donors (Lipinski definition) is 1. The Morgan fingerprint density at radius 2 is 1.81 bits per heavy atom. The summed E-state index contributed by atoms with van der Waals surface area (Å²) in [5, 5.41) is 2.19. The van der Waals surface area contributed by atoms with E-state index in [0.717, 1.165) is 37.2 Å². The van der Waals surface area contributed by atoms with Crippen LogP contribution in [0.4, 0.5) is 11.4 Å². The second-order valence-electron chi connectivity index (χ2n) is 7.70. The molecule has 1 fully saturated rings.